The number of rotatable bonds is 9. The molecular weight excluding hydrogens is 520 g/mol. The fourth-order valence-electron chi connectivity index (χ4n) is 5.26. The molecule has 5 rings (SSSR count). The lowest BCUT2D eigenvalue weighted by Gasteiger charge is -2.39. The van der Waals surface area contributed by atoms with Gasteiger partial charge in [0, 0.05) is 42.8 Å². The van der Waals surface area contributed by atoms with Gasteiger partial charge in [0.05, 0.1) is 36.9 Å². The van der Waals surface area contributed by atoms with Gasteiger partial charge in [-0.3, -0.25) is 4.79 Å². The van der Waals surface area contributed by atoms with Crippen LogP contribution in [0, 0.1) is 12.8 Å². The van der Waals surface area contributed by atoms with Crippen molar-refractivity contribution in [3.8, 4) is 11.3 Å². The number of carbonyl (C=O) groups excluding carboxylic acids is 1. The number of amides is 2. The average Bonchev–Trinajstić information content (AvgIpc) is 2.94. The Labute approximate surface area is 240 Å². The van der Waals surface area contributed by atoms with Crippen LogP contribution in [0.5, 0.6) is 0 Å². The van der Waals surface area contributed by atoms with E-state index in [0.717, 1.165) is 46.8 Å². The van der Waals surface area contributed by atoms with Gasteiger partial charge in [-0.25, -0.2) is 14.8 Å². The topological polar surface area (TPSA) is 120 Å². The number of hydrogen-bond acceptors (Lipinski definition) is 7. The van der Waals surface area contributed by atoms with Crippen LogP contribution in [0.25, 0.3) is 11.3 Å². The maximum atomic E-state index is 12.5. The van der Waals surface area contributed by atoms with E-state index >= 15 is 0 Å². The molecule has 0 bridgehead atoms. The SMILES string of the molecule is Cc1cc(-c2ccnc(Nc3ccc(N4CCC(C(=O)O)CC4)cc3)n2)ccc1CNC(=O)N1CC(OC(C)C)C1. The van der Waals surface area contributed by atoms with E-state index in [9.17, 15) is 14.7 Å². The minimum Gasteiger partial charge on any atom is -0.481 e. The molecule has 0 aliphatic carbocycles. The lowest BCUT2D eigenvalue weighted by molar-refractivity contribution is -0.142. The van der Waals surface area contributed by atoms with Crippen molar-refractivity contribution >= 4 is 29.3 Å². The van der Waals surface area contributed by atoms with Gasteiger partial charge < -0.3 is 30.3 Å². The summed E-state index contributed by atoms with van der Waals surface area (Å²) in [6.07, 6.45) is 3.36. The number of aryl methyl sites for hydroxylation is 1. The third kappa shape index (κ3) is 7.13. The van der Waals surface area contributed by atoms with Crippen molar-refractivity contribution in [3.05, 3.63) is 65.9 Å². The van der Waals surface area contributed by atoms with E-state index in [1.807, 2.05) is 63.2 Å². The van der Waals surface area contributed by atoms with Crippen LogP contribution >= 0.6 is 0 Å². The number of nitrogens with one attached hydrogen (secondary N) is 2. The largest absolute Gasteiger partial charge is 0.481 e. The van der Waals surface area contributed by atoms with Gasteiger partial charge in [0.1, 0.15) is 0 Å². The van der Waals surface area contributed by atoms with Crippen molar-refractivity contribution in [1.29, 1.82) is 0 Å². The minimum absolute atomic E-state index is 0.0700. The number of carboxylic acids is 1. The summed E-state index contributed by atoms with van der Waals surface area (Å²) in [4.78, 5) is 36.8. The summed E-state index contributed by atoms with van der Waals surface area (Å²) in [6.45, 7) is 9.25. The van der Waals surface area contributed by atoms with E-state index in [2.05, 4.69) is 26.6 Å². The summed E-state index contributed by atoms with van der Waals surface area (Å²) in [5.41, 5.74) is 5.85. The normalized spacial score (nSPS) is 16.0. The molecule has 0 spiro atoms. The first-order valence-corrected chi connectivity index (χ1v) is 14.2. The smallest absolute Gasteiger partial charge is 0.317 e. The van der Waals surface area contributed by atoms with Gasteiger partial charge in [0.15, 0.2) is 0 Å². The Kier molecular flexibility index (Phi) is 8.68. The highest BCUT2D eigenvalue weighted by Gasteiger charge is 2.31. The number of ether oxygens (including phenoxy) is 1. The second-order valence-electron chi connectivity index (χ2n) is 11.0. The molecule has 0 saturated carbocycles. The predicted molar refractivity (Wildman–Crippen MR) is 158 cm³/mol. The van der Waals surface area contributed by atoms with Crippen molar-refractivity contribution in [3.63, 3.8) is 0 Å². The van der Waals surface area contributed by atoms with Crippen molar-refractivity contribution < 1.29 is 19.4 Å². The number of benzene rings is 2. The van der Waals surface area contributed by atoms with E-state index in [1.165, 1.54) is 0 Å². The van der Waals surface area contributed by atoms with Gasteiger partial charge in [-0.1, -0.05) is 12.1 Å². The highest BCUT2D eigenvalue weighted by molar-refractivity contribution is 5.75. The minimum atomic E-state index is -0.699. The quantitative estimate of drug-likeness (QED) is 0.342. The fraction of sp³-hybridized carbons (Fsp3) is 0.419. The lowest BCUT2D eigenvalue weighted by Crippen LogP contribution is -2.58. The number of carbonyl (C=O) groups is 2. The Bertz CT molecular complexity index is 1370. The van der Waals surface area contributed by atoms with Crippen LogP contribution in [0.2, 0.25) is 0 Å². The molecule has 2 saturated heterocycles. The monoisotopic (exact) mass is 558 g/mol. The number of anilines is 3. The molecular formula is C31H38N6O4. The summed E-state index contributed by atoms with van der Waals surface area (Å²) in [6, 6.07) is 16.0. The van der Waals surface area contributed by atoms with Crippen LogP contribution in [0.3, 0.4) is 0 Å². The first-order valence-electron chi connectivity index (χ1n) is 14.2. The van der Waals surface area contributed by atoms with Gasteiger partial charge >= 0.3 is 12.0 Å². The summed E-state index contributed by atoms with van der Waals surface area (Å²) >= 11 is 0. The van der Waals surface area contributed by atoms with Crippen LogP contribution < -0.4 is 15.5 Å². The van der Waals surface area contributed by atoms with E-state index < -0.39 is 5.97 Å². The van der Waals surface area contributed by atoms with Crippen LogP contribution in [0.4, 0.5) is 22.1 Å². The van der Waals surface area contributed by atoms with Crippen molar-refractivity contribution in [1.82, 2.24) is 20.2 Å². The second kappa shape index (κ2) is 12.6. The van der Waals surface area contributed by atoms with Crippen LogP contribution in [-0.2, 0) is 16.1 Å². The number of nitrogens with zero attached hydrogens (tertiary/aromatic N) is 4. The Morgan fingerprint density at radius 2 is 1.80 bits per heavy atom. The zero-order valence-corrected chi connectivity index (χ0v) is 23.8. The molecule has 10 heteroatoms. The first-order chi connectivity index (χ1) is 19.7. The lowest BCUT2D eigenvalue weighted by atomic mass is 9.97. The third-order valence-corrected chi connectivity index (χ3v) is 7.66. The molecule has 10 nitrogen and oxygen atoms in total. The molecule has 2 amide bonds. The second-order valence-corrected chi connectivity index (χ2v) is 11.0. The Hall–Kier alpha value is -4.18. The van der Waals surface area contributed by atoms with Gasteiger partial charge in [-0.2, -0.15) is 0 Å². The van der Waals surface area contributed by atoms with Gasteiger partial charge in [-0.15, -0.1) is 0 Å². The molecule has 2 aliphatic rings. The zero-order chi connectivity index (χ0) is 28.9. The molecule has 1 aromatic heterocycles. The molecule has 3 aromatic rings. The fourth-order valence-corrected chi connectivity index (χ4v) is 5.26. The van der Waals surface area contributed by atoms with E-state index in [0.29, 0.717) is 38.4 Å². The molecule has 2 aromatic carbocycles. The van der Waals surface area contributed by atoms with Gasteiger partial charge in [-0.05, 0) is 81.1 Å². The third-order valence-electron chi connectivity index (χ3n) is 7.66. The highest BCUT2D eigenvalue weighted by atomic mass is 16.5. The van der Waals surface area contributed by atoms with Crippen molar-refractivity contribution in [2.24, 2.45) is 5.92 Å². The summed E-state index contributed by atoms with van der Waals surface area (Å²) in [5.74, 6) is -0.442. The van der Waals surface area contributed by atoms with Crippen molar-refractivity contribution in [2.75, 3.05) is 36.4 Å². The van der Waals surface area contributed by atoms with E-state index in [1.54, 1.807) is 11.1 Å². The van der Waals surface area contributed by atoms with E-state index in [4.69, 9.17) is 9.72 Å². The van der Waals surface area contributed by atoms with Gasteiger partial charge in [0.25, 0.3) is 0 Å². The van der Waals surface area contributed by atoms with Gasteiger partial charge in [0.2, 0.25) is 5.95 Å². The molecule has 3 N–H and O–H groups in total. The number of likely N-dealkylation sites (tertiary alicyclic amines) is 1. The maximum absolute atomic E-state index is 12.5. The molecule has 0 unspecified atom stereocenters. The molecule has 2 aliphatic heterocycles. The van der Waals surface area contributed by atoms with Crippen LogP contribution in [-0.4, -0.2) is 70.4 Å². The highest BCUT2D eigenvalue weighted by Crippen LogP contribution is 2.26. The molecule has 41 heavy (non-hydrogen) atoms. The van der Waals surface area contributed by atoms with E-state index in [-0.39, 0.29) is 24.2 Å². The molecule has 2 fully saturated rings. The number of aromatic nitrogens is 2. The summed E-state index contributed by atoms with van der Waals surface area (Å²) in [7, 11) is 0. The number of urea groups is 1. The molecule has 3 heterocycles. The molecule has 0 atom stereocenters. The molecule has 216 valence electrons. The zero-order valence-electron chi connectivity index (χ0n) is 23.8. The number of carboxylic acid groups (broad SMARTS) is 1. The summed E-state index contributed by atoms with van der Waals surface area (Å²) in [5, 5.41) is 15.5. The molecule has 0 radical (unpaired) electrons. The number of aliphatic carboxylic acids is 1. The Morgan fingerprint density at radius 1 is 1.07 bits per heavy atom. The average molecular weight is 559 g/mol. The van der Waals surface area contributed by atoms with Crippen LogP contribution in [0.1, 0.15) is 37.8 Å². The predicted octanol–water partition coefficient (Wildman–Crippen LogP) is 4.82. The Morgan fingerprint density at radius 3 is 2.46 bits per heavy atom. The first kappa shape index (κ1) is 28.4. The number of piperidine rings is 1. The number of hydrogen-bond donors (Lipinski definition) is 3. The standard InChI is InChI=1S/C31H38N6O4/c1-20(2)41-27-18-37(19-27)31(40)33-17-24-5-4-23(16-21(24)3)28-10-13-32-30(35-28)34-25-6-8-26(9-7-25)36-14-11-22(12-15-36)29(38)39/h4-10,13,16,20,22,27H,11-12,14-15,17-19H2,1-3H3,(H,33,40)(H,38,39)(H,32,34,35). The Balaban J connectivity index is 1.15. The van der Waals surface area contributed by atoms with Crippen molar-refractivity contribution in [2.45, 2.75) is 52.4 Å². The maximum Gasteiger partial charge on any atom is 0.317 e. The van der Waals surface area contributed by atoms with Crippen LogP contribution in [0.15, 0.2) is 54.7 Å². The summed E-state index contributed by atoms with van der Waals surface area (Å²) < 4.78 is 5.73.